The van der Waals surface area contributed by atoms with Crippen LogP contribution in [0.25, 0.3) is 0 Å². The van der Waals surface area contributed by atoms with Crippen LogP contribution in [0.4, 0.5) is 4.79 Å². The van der Waals surface area contributed by atoms with Gasteiger partial charge in [-0.15, -0.1) is 0 Å². The van der Waals surface area contributed by atoms with Gasteiger partial charge in [-0.05, 0) is 38.5 Å². The van der Waals surface area contributed by atoms with Crippen molar-refractivity contribution in [2.45, 2.75) is 43.1 Å². The summed E-state index contributed by atoms with van der Waals surface area (Å²) in [5, 5.41) is -0.963. The molecule has 2 aromatic carbocycles. The number of sulfone groups is 1. The average molecular weight is 372 g/mol. The molecule has 0 saturated carbocycles. The molecule has 3 rings (SSSR count). The summed E-state index contributed by atoms with van der Waals surface area (Å²) in [6.07, 6.45) is 0. The average Bonchev–Trinajstić information content (AvgIpc) is 2.86. The third-order valence-electron chi connectivity index (χ3n) is 5.22. The van der Waals surface area contributed by atoms with E-state index in [4.69, 9.17) is 0 Å². The van der Waals surface area contributed by atoms with E-state index in [1.165, 1.54) is 4.90 Å². The van der Waals surface area contributed by atoms with Crippen LogP contribution < -0.4 is 0 Å². The number of urea groups is 1. The second kappa shape index (κ2) is 6.76. The smallest absolute Gasteiger partial charge is 0.321 e. The van der Waals surface area contributed by atoms with Crippen LogP contribution in [0.2, 0.25) is 0 Å². The van der Waals surface area contributed by atoms with Gasteiger partial charge in [-0.1, -0.05) is 48.0 Å². The third kappa shape index (κ3) is 2.98. The van der Waals surface area contributed by atoms with Gasteiger partial charge in [0.25, 0.3) is 0 Å². The molecule has 0 bridgehead atoms. The Morgan fingerprint density at radius 3 is 2.15 bits per heavy atom. The summed E-state index contributed by atoms with van der Waals surface area (Å²) in [7, 11) is -1.96. The van der Waals surface area contributed by atoms with Gasteiger partial charge in [-0.2, -0.15) is 0 Å². The Morgan fingerprint density at radius 2 is 1.58 bits per heavy atom. The Kier molecular flexibility index (Phi) is 4.80. The lowest BCUT2D eigenvalue weighted by atomic mass is 10.0. The van der Waals surface area contributed by atoms with Gasteiger partial charge in [0.2, 0.25) is 0 Å². The van der Waals surface area contributed by atoms with E-state index in [9.17, 15) is 13.2 Å². The first-order valence-corrected chi connectivity index (χ1v) is 10.2. The Balaban J connectivity index is 2.04. The van der Waals surface area contributed by atoms with Gasteiger partial charge in [0.15, 0.2) is 9.84 Å². The van der Waals surface area contributed by atoms with E-state index in [2.05, 4.69) is 0 Å². The van der Waals surface area contributed by atoms with Crippen molar-refractivity contribution in [2.24, 2.45) is 0 Å². The van der Waals surface area contributed by atoms with Gasteiger partial charge in [0.05, 0.1) is 17.0 Å². The second-order valence-electron chi connectivity index (χ2n) is 6.85. The molecule has 138 valence electrons. The zero-order valence-corrected chi connectivity index (χ0v) is 16.3. The summed E-state index contributed by atoms with van der Waals surface area (Å²) in [5.74, 6) is 0. The maximum absolute atomic E-state index is 13.2. The molecule has 1 aliphatic heterocycles. The highest BCUT2D eigenvalue weighted by molar-refractivity contribution is 7.92. The van der Waals surface area contributed by atoms with Gasteiger partial charge in [-0.25, -0.2) is 13.2 Å². The highest BCUT2D eigenvalue weighted by atomic mass is 32.2. The van der Waals surface area contributed by atoms with Crippen LogP contribution in [0.15, 0.2) is 59.5 Å². The first-order valence-electron chi connectivity index (χ1n) is 8.66. The number of amides is 2. The third-order valence-corrected chi connectivity index (χ3v) is 7.28. The molecular formula is C20H24N2O3S. The maximum atomic E-state index is 13.2. The normalized spacial score (nSPS) is 21.9. The van der Waals surface area contributed by atoms with Gasteiger partial charge in [0.1, 0.15) is 5.37 Å². The lowest BCUT2D eigenvalue weighted by Gasteiger charge is -2.30. The van der Waals surface area contributed by atoms with E-state index < -0.39 is 15.2 Å². The molecule has 1 aliphatic rings. The molecule has 6 heteroatoms. The minimum Gasteiger partial charge on any atom is -0.323 e. The predicted octanol–water partition coefficient (Wildman–Crippen LogP) is 3.61. The van der Waals surface area contributed by atoms with Crippen molar-refractivity contribution >= 4 is 15.9 Å². The molecule has 0 N–H and O–H groups in total. The number of nitrogens with zero attached hydrogens (tertiary/aromatic N) is 2. The van der Waals surface area contributed by atoms with Crippen LogP contribution in [0.1, 0.15) is 31.0 Å². The largest absolute Gasteiger partial charge is 0.323 e. The fraction of sp³-hybridized carbons (Fsp3) is 0.350. The molecule has 2 aromatic rings. The minimum atomic E-state index is -3.68. The van der Waals surface area contributed by atoms with E-state index in [1.54, 1.807) is 43.1 Å². The zero-order chi connectivity index (χ0) is 19.1. The molecule has 1 heterocycles. The Bertz CT molecular complexity index is 894. The molecule has 0 aromatic heterocycles. The molecule has 26 heavy (non-hydrogen) atoms. The number of hydrogen-bond acceptors (Lipinski definition) is 3. The number of benzene rings is 2. The van der Waals surface area contributed by atoms with Crippen molar-refractivity contribution in [3.05, 3.63) is 65.7 Å². The number of carbonyl (C=O) groups excluding carboxylic acids is 1. The van der Waals surface area contributed by atoms with Crippen molar-refractivity contribution in [1.82, 2.24) is 9.80 Å². The van der Waals surface area contributed by atoms with Crippen LogP contribution in [0.3, 0.4) is 0 Å². The highest BCUT2D eigenvalue weighted by Gasteiger charge is 2.47. The quantitative estimate of drug-likeness (QED) is 0.824. The fourth-order valence-corrected chi connectivity index (χ4v) is 4.89. The molecular weight excluding hydrogens is 348 g/mol. The molecule has 1 saturated heterocycles. The summed E-state index contributed by atoms with van der Waals surface area (Å²) < 4.78 is 26.3. The predicted molar refractivity (Wildman–Crippen MR) is 101 cm³/mol. The number of aryl methyl sites for hydroxylation is 1. The maximum Gasteiger partial charge on any atom is 0.321 e. The lowest BCUT2D eigenvalue weighted by molar-refractivity contribution is 0.187. The molecule has 1 fully saturated rings. The first-order chi connectivity index (χ1) is 12.2. The number of rotatable bonds is 4. The van der Waals surface area contributed by atoms with E-state index in [0.717, 1.165) is 11.1 Å². The molecule has 0 unspecified atom stereocenters. The molecule has 2 amide bonds. The van der Waals surface area contributed by atoms with E-state index in [-0.39, 0.29) is 23.0 Å². The molecule has 5 nitrogen and oxygen atoms in total. The fourth-order valence-electron chi connectivity index (χ4n) is 3.46. The SMILES string of the molecule is Cc1ccc(S(=O)(=O)[C@H](C)N2C(=O)N(C)[C@H](C)[C@H]2c2ccccc2)cc1. The Labute approximate surface area is 155 Å². The van der Waals surface area contributed by atoms with Crippen LogP contribution in [-0.2, 0) is 9.84 Å². The Morgan fingerprint density at radius 1 is 1.00 bits per heavy atom. The van der Waals surface area contributed by atoms with Crippen molar-refractivity contribution in [3.8, 4) is 0 Å². The number of carbonyl (C=O) groups is 1. The van der Waals surface area contributed by atoms with Crippen LogP contribution in [0, 0.1) is 6.92 Å². The van der Waals surface area contributed by atoms with Crippen LogP contribution in [-0.4, -0.2) is 42.7 Å². The monoisotopic (exact) mass is 372 g/mol. The van der Waals surface area contributed by atoms with Crippen LogP contribution >= 0.6 is 0 Å². The summed E-state index contributed by atoms with van der Waals surface area (Å²) in [6, 6.07) is 15.6. The molecule has 0 radical (unpaired) electrons. The van der Waals surface area contributed by atoms with Gasteiger partial charge in [-0.3, -0.25) is 4.90 Å². The van der Waals surface area contributed by atoms with Gasteiger partial charge >= 0.3 is 6.03 Å². The van der Waals surface area contributed by atoms with Gasteiger partial charge in [0, 0.05) is 7.05 Å². The number of likely N-dealkylation sites (N-methyl/N-ethyl adjacent to an activating group) is 1. The molecule has 3 atom stereocenters. The summed E-state index contributed by atoms with van der Waals surface area (Å²) in [5.41, 5.74) is 1.92. The molecule has 0 aliphatic carbocycles. The Hall–Kier alpha value is -2.34. The highest BCUT2D eigenvalue weighted by Crippen LogP contribution is 2.38. The molecule has 0 spiro atoms. The number of hydrogen-bond donors (Lipinski definition) is 0. The summed E-state index contributed by atoms with van der Waals surface area (Å²) in [4.78, 5) is 16.2. The zero-order valence-electron chi connectivity index (χ0n) is 15.5. The van der Waals surface area contributed by atoms with E-state index in [1.807, 2.05) is 44.2 Å². The summed E-state index contributed by atoms with van der Waals surface area (Å²) >= 11 is 0. The van der Waals surface area contributed by atoms with Crippen molar-refractivity contribution in [2.75, 3.05) is 7.05 Å². The van der Waals surface area contributed by atoms with Crippen molar-refractivity contribution < 1.29 is 13.2 Å². The lowest BCUT2D eigenvalue weighted by Crippen LogP contribution is -2.42. The first kappa shape index (κ1) is 18.5. The topological polar surface area (TPSA) is 57.7 Å². The van der Waals surface area contributed by atoms with E-state index in [0.29, 0.717) is 0 Å². The standard InChI is InChI=1S/C20H24N2O3S/c1-14-10-12-18(13-11-14)26(24,25)16(3)22-19(15(2)21(4)20(22)23)17-8-6-5-7-9-17/h5-13,15-16,19H,1-4H3/t15-,16-,19+/m1/s1. The van der Waals surface area contributed by atoms with E-state index >= 15 is 0 Å². The van der Waals surface area contributed by atoms with Gasteiger partial charge < -0.3 is 4.90 Å². The van der Waals surface area contributed by atoms with Crippen molar-refractivity contribution in [3.63, 3.8) is 0 Å². The van der Waals surface area contributed by atoms with Crippen molar-refractivity contribution in [1.29, 1.82) is 0 Å². The second-order valence-corrected chi connectivity index (χ2v) is 9.10. The minimum absolute atomic E-state index is 0.124. The summed E-state index contributed by atoms with van der Waals surface area (Å²) in [6.45, 7) is 5.45. The van der Waals surface area contributed by atoms with Crippen LogP contribution in [0.5, 0.6) is 0 Å².